The zero-order valence-electron chi connectivity index (χ0n) is 11.8. The molecule has 0 saturated heterocycles. The van der Waals surface area contributed by atoms with Crippen LogP contribution in [0.3, 0.4) is 0 Å². The quantitative estimate of drug-likeness (QED) is 0.534. The number of methoxy groups -OCH3 is 1. The molecule has 0 aliphatic rings. The Morgan fingerprint density at radius 1 is 0.917 bits per heavy atom. The molecule has 11 heteroatoms. The van der Waals surface area contributed by atoms with Crippen LogP contribution in [0.1, 0.15) is 23.0 Å². The molecule has 130 valence electrons. The standard InChI is InChI=1S/C13H8Cl7N3O/c1-24-8-3-2-6(4-7(8)14)5-9-21-10(12(15,16)17)23-11(22-9)13(18,19)20/h2-4H,5H2,1H3. The van der Waals surface area contributed by atoms with Gasteiger partial charge in [0.05, 0.1) is 12.1 Å². The molecule has 1 aromatic heterocycles. The molecule has 2 aromatic rings. The molecule has 2 rings (SSSR count). The summed E-state index contributed by atoms with van der Waals surface area (Å²) < 4.78 is 1.32. The van der Waals surface area contributed by atoms with E-state index in [9.17, 15) is 0 Å². The van der Waals surface area contributed by atoms with Gasteiger partial charge >= 0.3 is 0 Å². The molecule has 0 atom stereocenters. The van der Waals surface area contributed by atoms with Crippen LogP contribution in [0.25, 0.3) is 0 Å². The zero-order chi connectivity index (χ0) is 18.1. The van der Waals surface area contributed by atoms with Gasteiger partial charge in [-0.2, -0.15) is 0 Å². The number of benzene rings is 1. The van der Waals surface area contributed by atoms with Gasteiger partial charge < -0.3 is 4.74 Å². The van der Waals surface area contributed by atoms with E-state index in [0.29, 0.717) is 10.8 Å². The number of nitrogens with zero attached hydrogens (tertiary/aromatic N) is 3. The van der Waals surface area contributed by atoms with Crippen LogP contribution in [-0.4, -0.2) is 22.1 Å². The van der Waals surface area contributed by atoms with Crippen molar-refractivity contribution in [3.8, 4) is 5.75 Å². The Kier molecular flexibility index (Phi) is 6.58. The van der Waals surface area contributed by atoms with Crippen molar-refractivity contribution in [2.45, 2.75) is 14.0 Å². The summed E-state index contributed by atoms with van der Waals surface area (Å²) >= 11 is 41.1. The van der Waals surface area contributed by atoms with Crippen molar-refractivity contribution < 1.29 is 4.74 Å². The van der Waals surface area contributed by atoms with Gasteiger partial charge in [-0.25, -0.2) is 15.0 Å². The third kappa shape index (κ3) is 5.28. The third-order valence-corrected chi connectivity index (χ3v) is 4.08. The second-order valence-corrected chi connectivity index (χ2v) is 9.51. The molecule has 1 aromatic carbocycles. The van der Waals surface area contributed by atoms with Crippen LogP contribution in [0.4, 0.5) is 0 Å². The van der Waals surface area contributed by atoms with E-state index in [0.717, 1.165) is 5.56 Å². The first-order chi connectivity index (χ1) is 11.0. The van der Waals surface area contributed by atoms with Crippen LogP contribution in [-0.2, 0) is 14.0 Å². The fourth-order valence-electron chi connectivity index (χ4n) is 1.75. The lowest BCUT2D eigenvalue weighted by Crippen LogP contribution is -2.18. The minimum atomic E-state index is -1.89. The molecule has 4 nitrogen and oxygen atoms in total. The average molecular weight is 470 g/mol. The normalized spacial score (nSPS) is 12.3. The maximum absolute atomic E-state index is 6.10. The first kappa shape index (κ1) is 20.4. The van der Waals surface area contributed by atoms with Gasteiger partial charge in [-0.05, 0) is 17.7 Å². The minimum Gasteiger partial charge on any atom is -0.495 e. The molecule has 0 radical (unpaired) electrons. The summed E-state index contributed by atoms with van der Waals surface area (Å²) in [5.41, 5.74) is 0.789. The number of ether oxygens (including phenoxy) is 1. The van der Waals surface area contributed by atoms with Crippen molar-refractivity contribution in [2.75, 3.05) is 7.11 Å². The van der Waals surface area contributed by atoms with Crippen LogP contribution in [0, 0.1) is 0 Å². The zero-order valence-corrected chi connectivity index (χ0v) is 17.1. The molecular formula is C13H8Cl7N3O. The highest BCUT2D eigenvalue weighted by molar-refractivity contribution is 6.67. The molecule has 0 aliphatic carbocycles. The predicted molar refractivity (Wildman–Crippen MR) is 99.1 cm³/mol. The minimum absolute atomic E-state index is 0.140. The Morgan fingerprint density at radius 2 is 1.46 bits per heavy atom. The second kappa shape index (κ2) is 7.75. The van der Waals surface area contributed by atoms with Gasteiger partial charge in [-0.3, -0.25) is 0 Å². The molecule has 24 heavy (non-hydrogen) atoms. The lowest BCUT2D eigenvalue weighted by Gasteiger charge is -2.15. The summed E-state index contributed by atoms with van der Waals surface area (Å²) in [5.74, 6) is 0.519. The van der Waals surface area contributed by atoms with E-state index in [2.05, 4.69) is 15.0 Å². The highest BCUT2D eigenvalue weighted by Gasteiger charge is 2.33. The molecule has 0 amide bonds. The lowest BCUT2D eigenvalue weighted by atomic mass is 10.1. The Hall–Kier alpha value is 0.0600. The Morgan fingerprint density at radius 3 is 1.88 bits per heavy atom. The molecule has 0 N–H and O–H groups in total. The molecule has 1 heterocycles. The van der Waals surface area contributed by atoms with Gasteiger partial charge in [0.25, 0.3) is 0 Å². The third-order valence-electron chi connectivity index (χ3n) is 2.77. The van der Waals surface area contributed by atoms with Crippen molar-refractivity contribution in [2.24, 2.45) is 0 Å². The molecule has 0 fully saturated rings. The molecule has 0 saturated carbocycles. The van der Waals surface area contributed by atoms with Gasteiger partial charge in [0.1, 0.15) is 11.6 Å². The average Bonchev–Trinajstić information content (AvgIpc) is 2.45. The summed E-state index contributed by atoms with van der Waals surface area (Å²) in [6.07, 6.45) is 0.258. The Bertz CT molecular complexity index is 711. The number of hydrogen-bond donors (Lipinski definition) is 0. The van der Waals surface area contributed by atoms with Gasteiger partial charge in [-0.15, -0.1) is 0 Å². The van der Waals surface area contributed by atoms with Gasteiger partial charge in [0, 0.05) is 6.42 Å². The van der Waals surface area contributed by atoms with Crippen molar-refractivity contribution in [1.82, 2.24) is 15.0 Å². The number of alkyl halides is 6. The first-order valence-electron chi connectivity index (χ1n) is 6.22. The van der Waals surface area contributed by atoms with E-state index >= 15 is 0 Å². The number of aromatic nitrogens is 3. The maximum Gasteiger partial charge on any atom is 0.250 e. The largest absolute Gasteiger partial charge is 0.495 e. The van der Waals surface area contributed by atoms with E-state index in [1.807, 2.05) is 0 Å². The summed E-state index contributed by atoms with van der Waals surface area (Å²) in [4.78, 5) is 12.1. The van der Waals surface area contributed by atoms with Gasteiger partial charge in [0.2, 0.25) is 7.59 Å². The topological polar surface area (TPSA) is 47.9 Å². The first-order valence-corrected chi connectivity index (χ1v) is 8.87. The molecule has 0 unspecified atom stereocenters. The van der Waals surface area contributed by atoms with E-state index in [4.69, 9.17) is 85.9 Å². The fourth-order valence-corrected chi connectivity index (χ4v) is 2.54. The summed E-state index contributed by atoms with van der Waals surface area (Å²) in [6, 6.07) is 5.21. The monoisotopic (exact) mass is 467 g/mol. The molecule has 0 bridgehead atoms. The smallest absolute Gasteiger partial charge is 0.250 e. The Balaban J connectivity index is 2.44. The van der Waals surface area contributed by atoms with Crippen LogP contribution in [0.5, 0.6) is 5.75 Å². The highest BCUT2D eigenvalue weighted by atomic mass is 35.6. The summed E-state index contributed by atoms with van der Waals surface area (Å²) in [7, 11) is 1.52. The SMILES string of the molecule is COc1ccc(Cc2nc(C(Cl)(Cl)Cl)nc(C(Cl)(Cl)Cl)n2)cc1Cl. The van der Waals surface area contributed by atoms with Gasteiger partial charge in [0.15, 0.2) is 11.6 Å². The fraction of sp³-hybridized carbons (Fsp3) is 0.308. The maximum atomic E-state index is 6.10. The second-order valence-electron chi connectivity index (χ2n) is 4.54. The summed E-state index contributed by atoms with van der Waals surface area (Å²) in [5, 5.41) is 0.437. The summed E-state index contributed by atoms with van der Waals surface area (Å²) in [6.45, 7) is 0. The molecule has 0 spiro atoms. The number of halogens is 7. The number of hydrogen-bond acceptors (Lipinski definition) is 4. The van der Waals surface area contributed by atoms with Crippen molar-refractivity contribution >= 4 is 81.2 Å². The van der Waals surface area contributed by atoms with Crippen molar-refractivity contribution in [1.29, 1.82) is 0 Å². The van der Waals surface area contributed by atoms with E-state index in [-0.39, 0.29) is 23.9 Å². The van der Waals surface area contributed by atoms with E-state index < -0.39 is 7.59 Å². The van der Waals surface area contributed by atoms with Crippen LogP contribution < -0.4 is 4.74 Å². The lowest BCUT2D eigenvalue weighted by molar-refractivity contribution is 0.415. The van der Waals surface area contributed by atoms with Crippen molar-refractivity contribution in [3.05, 3.63) is 46.3 Å². The highest BCUT2D eigenvalue weighted by Crippen LogP contribution is 2.40. The van der Waals surface area contributed by atoms with E-state index in [1.165, 1.54) is 7.11 Å². The van der Waals surface area contributed by atoms with Crippen LogP contribution in [0.2, 0.25) is 5.02 Å². The van der Waals surface area contributed by atoms with Crippen LogP contribution >= 0.6 is 81.2 Å². The van der Waals surface area contributed by atoms with E-state index in [1.54, 1.807) is 18.2 Å². The van der Waals surface area contributed by atoms with Gasteiger partial charge in [-0.1, -0.05) is 87.3 Å². The number of rotatable bonds is 3. The van der Waals surface area contributed by atoms with Crippen molar-refractivity contribution in [3.63, 3.8) is 0 Å². The molecular weight excluding hydrogens is 462 g/mol. The molecule has 0 aliphatic heterocycles. The van der Waals surface area contributed by atoms with Crippen LogP contribution in [0.15, 0.2) is 18.2 Å². The Labute approximate surface area is 173 Å². The predicted octanol–water partition coefficient (Wildman–Crippen LogP) is 5.78.